The molecule has 2 nitrogen and oxygen atoms in total. The minimum absolute atomic E-state index is 0.139. The highest BCUT2D eigenvalue weighted by Gasteiger charge is 2.08. The number of hydrogen-bond acceptors (Lipinski definition) is 2. The second-order valence-electron chi connectivity index (χ2n) is 4.59. The number of benzene rings is 2. The summed E-state index contributed by atoms with van der Waals surface area (Å²) < 4.78 is 18.5. The van der Waals surface area contributed by atoms with Gasteiger partial charge in [0.05, 0.1) is 12.1 Å². The number of nitrogens with one attached hydrogen (secondary N) is 1. The van der Waals surface area contributed by atoms with Gasteiger partial charge in [-0.15, -0.1) is 0 Å². The van der Waals surface area contributed by atoms with Crippen molar-refractivity contribution in [3.63, 3.8) is 0 Å². The maximum atomic E-state index is 13.3. The predicted octanol–water partition coefficient (Wildman–Crippen LogP) is 4.34. The van der Waals surface area contributed by atoms with E-state index in [4.69, 9.17) is 16.3 Å². The molecule has 1 unspecified atom stereocenters. The molecule has 0 radical (unpaired) electrons. The van der Waals surface area contributed by atoms with Crippen LogP contribution < -0.4 is 10.1 Å². The molecule has 4 heteroatoms. The average molecular weight is 294 g/mol. The molecule has 1 atom stereocenters. The minimum Gasteiger partial charge on any atom is -0.497 e. The summed E-state index contributed by atoms with van der Waals surface area (Å²) >= 11 is 5.93. The van der Waals surface area contributed by atoms with E-state index >= 15 is 0 Å². The molecular weight excluding hydrogens is 277 g/mol. The number of methoxy groups -OCH3 is 1. The first-order chi connectivity index (χ1) is 9.61. The van der Waals surface area contributed by atoms with E-state index < -0.39 is 0 Å². The topological polar surface area (TPSA) is 21.3 Å². The van der Waals surface area contributed by atoms with Crippen LogP contribution in [0.3, 0.4) is 0 Å². The van der Waals surface area contributed by atoms with Gasteiger partial charge in [0, 0.05) is 12.6 Å². The summed E-state index contributed by atoms with van der Waals surface area (Å²) in [6, 6.07) is 12.8. The van der Waals surface area contributed by atoms with Gasteiger partial charge in [0.1, 0.15) is 11.6 Å². The third-order valence-electron chi connectivity index (χ3n) is 3.25. The van der Waals surface area contributed by atoms with Crippen LogP contribution >= 0.6 is 11.6 Å². The lowest BCUT2D eigenvalue weighted by atomic mass is 10.1. The van der Waals surface area contributed by atoms with Crippen LogP contribution in [0, 0.1) is 5.82 Å². The van der Waals surface area contributed by atoms with Gasteiger partial charge in [-0.05, 0) is 36.2 Å². The van der Waals surface area contributed by atoms with E-state index in [1.807, 2.05) is 30.3 Å². The SMILES string of the molecule is COc1ccc(C(C)NCc2cccc(F)c2Cl)cc1. The van der Waals surface area contributed by atoms with Crippen molar-refractivity contribution in [3.05, 3.63) is 64.4 Å². The summed E-state index contributed by atoms with van der Waals surface area (Å²) in [6.07, 6.45) is 0. The average Bonchev–Trinajstić information content (AvgIpc) is 2.48. The predicted molar refractivity (Wildman–Crippen MR) is 79.7 cm³/mol. The molecule has 2 rings (SSSR count). The highest BCUT2D eigenvalue weighted by molar-refractivity contribution is 6.31. The van der Waals surface area contributed by atoms with Crippen LogP contribution in [0.25, 0.3) is 0 Å². The van der Waals surface area contributed by atoms with Crippen molar-refractivity contribution in [3.8, 4) is 5.75 Å². The molecule has 106 valence electrons. The van der Waals surface area contributed by atoms with E-state index in [9.17, 15) is 4.39 Å². The Morgan fingerprint density at radius 2 is 1.90 bits per heavy atom. The van der Waals surface area contributed by atoms with Crippen molar-refractivity contribution in [2.45, 2.75) is 19.5 Å². The zero-order chi connectivity index (χ0) is 14.5. The quantitative estimate of drug-likeness (QED) is 0.885. The maximum absolute atomic E-state index is 13.3. The fourth-order valence-electron chi connectivity index (χ4n) is 1.96. The van der Waals surface area contributed by atoms with Gasteiger partial charge < -0.3 is 10.1 Å². The largest absolute Gasteiger partial charge is 0.497 e. The Hall–Kier alpha value is -1.58. The van der Waals surface area contributed by atoms with Gasteiger partial charge in [0.25, 0.3) is 0 Å². The summed E-state index contributed by atoms with van der Waals surface area (Å²) in [7, 11) is 1.64. The summed E-state index contributed by atoms with van der Waals surface area (Å²) in [4.78, 5) is 0. The first-order valence-corrected chi connectivity index (χ1v) is 6.80. The number of rotatable bonds is 5. The molecule has 1 N–H and O–H groups in total. The molecule has 0 saturated heterocycles. The van der Waals surface area contributed by atoms with Gasteiger partial charge in [0.2, 0.25) is 0 Å². The molecule has 0 aliphatic rings. The Morgan fingerprint density at radius 3 is 2.55 bits per heavy atom. The standard InChI is InChI=1S/C16H17ClFNO/c1-11(12-6-8-14(20-2)9-7-12)19-10-13-4-3-5-15(18)16(13)17/h3-9,11,19H,10H2,1-2H3. The highest BCUT2D eigenvalue weighted by atomic mass is 35.5. The molecule has 0 saturated carbocycles. The van der Waals surface area contributed by atoms with E-state index in [-0.39, 0.29) is 16.9 Å². The molecule has 0 amide bonds. The molecule has 2 aromatic carbocycles. The van der Waals surface area contributed by atoms with Crippen molar-refractivity contribution in [2.75, 3.05) is 7.11 Å². The monoisotopic (exact) mass is 293 g/mol. The first kappa shape index (κ1) is 14.8. The number of hydrogen-bond donors (Lipinski definition) is 1. The van der Waals surface area contributed by atoms with Crippen molar-refractivity contribution in [2.24, 2.45) is 0 Å². The van der Waals surface area contributed by atoms with Gasteiger partial charge in [-0.3, -0.25) is 0 Å². The summed E-state index contributed by atoms with van der Waals surface area (Å²) in [5.74, 6) is 0.442. The Labute approximate surface area is 123 Å². The van der Waals surface area contributed by atoms with Crippen molar-refractivity contribution in [1.82, 2.24) is 5.32 Å². The van der Waals surface area contributed by atoms with Crippen molar-refractivity contribution < 1.29 is 9.13 Å². The summed E-state index contributed by atoms with van der Waals surface area (Å²) in [6.45, 7) is 2.57. The van der Waals surface area contributed by atoms with Crippen LogP contribution in [0.5, 0.6) is 5.75 Å². The normalized spacial score (nSPS) is 12.2. The molecule has 0 heterocycles. The molecular formula is C16H17ClFNO. The Kier molecular flexibility index (Phi) is 4.99. The molecule has 20 heavy (non-hydrogen) atoms. The zero-order valence-corrected chi connectivity index (χ0v) is 12.2. The van der Waals surface area contributed by atoms with E-state index in [1.54, 1.807) is 13.2 Å². The third-order valence-corrected chi connectivity index (χ3v) is 3.67. The number of ether oxygens (including phenoxy) is 1. The van der Waals surface area contributed by atoms with Crippen LogP contribution in [-0.4, -0.2) is 7.11 Å². The second-order valence-corrected chi connectivity index (χ2v) is 4.97. The Morgan fingerprint density at radius 1 is 1.20 bits per heavy atom. The van der Waals surface area contributed by atoms with Gasteiger partial charge in [-0.2, -0.15) is 0 Å². The van der Waals surface area contributed by atoms with E-state index in [0.717, 1.165) is 16.9 Å². The minimum atomic E-state index is -0.386. The second kappa shape index (κ2) is 6.73. The zero-order valence-electron chi connectivity index (χ0n) is 11.5. The van der Waals surface area contributed by atoms with Crippen LogP contribution in [0.4, 0.5) is 4.39 Å². The van der Waals surface area contributed by atoms with Crippen LogP contribution in [0.1, 0.15) is 24.1 Å². The third kappa shape index (κ3) is 3.50. The fraction of sp³-hybridized carbons (Fsp3) is 0.250. The molecule has 0 fully saturated rings. The summed E-state index contributed by atoms with van der Waals surface area (Å²) in [5, 5.41) is 3.51. The van der Waals surface area contributed by atoms with Crippen molar-refractivity contribution >= 4 is 11.6 Å². The Bertz CT molecular complexity index is 571. The molecule has 2 aromatic rings. The van der Waals surface area contributed by atoms with Gasteiger partial charge in [-0.1, -0.05) is 35.9 Å². The molecule has 0 bridgehead atoms. The fourth-order valence-corrected chi connectivity index (χ4v) is 2.15. The highest BCUT2D eigenvalue weighted by Crippen LogP contribution is 2.21. The number of halogens is 2. The van der Waals surface area contributed by atoms with Gasteiger partial charge >= 0.3 is 0 Å². The van der Waals surface area contributed by atoms with Gasteiger partial charge in [-0.25, -0.2) is 4.39 Å². The summed E-state index contributed by atoms with van der Waals surface area (Å²) in [5.41, 5.74) is 1.89. The molecule has 0 aliphatic heterocycles. The lowest BCUT2D eigenvalue weighted by molar-refractivity contribution is 0.414. The first-order valence-electron chi connectivity index (χ1n) is 6.42. The van der Waals surface area contributed by atoms with Crippen LogP contribution in [0.2, 0.25) is 5.02 Å². The lowest BCUT2D eigenvalue weighted by Gasteiger charge is -2.15. The van der Waals surface area contributed by atoms with E-state index in [1.165, 1.54) is 6.07 Å². The molecule has 0 aromatic heterocycles. The van der Waals surface area contributed by atoms with Crippen LogP contribution in [-0.2, 0) is 6.54 Å². The smallest absolute Gasteiger partial charge is 0.142 e. The van der Waals surface area contributed by atoms with Crippen LogP contribution in [0.15, 0.2) is 42.5 Å². The van der Waals surface area contributed by atoms with Gasteiger partial charge in [0.15, 0.2) is 0 Å². The van der Waals surface area contributed by atoms with E-state index in [2.05, 4.69) is 12.2 Å². The maximum Gasteiger partial charge on any atom is 0.142 e. The Balaban J connectivity index is 2.00. The lowest BCUT2D eigenvalue weighted by Crippen LogP contribution is -2.18. The van der Waals surface area contributed by atoms with E-state index in [0.29, 0.717) is 6.54 Å². The molecule has 0 spiro atoms. The van der Waals surface area contributed by atoms with Crippen molar-refractivity contribution in [1.29, 1.82) is 0 Å². The molecule has 0 aliphatic carbocycles.